The van der Waals surface area contributed by atoms with Gasteiger partial charge in [0.2, 0.25) is 0 Å². The van der Waals surface area contributed by atoms with Crippen LogP contribution in [0.3, 0.4) is 0 Å². The maximum Gasteiger partial charge on any atom is 0.159 e. The van der Waals surface area contributed by atoms with Crippen LogP contribution in [-0.4, -0.2) is 11.7 Å². The van der Waals surface area contributed by atoms with Crippen LogP contribution in [-0.2, 0) is 0 Å². The summed E-state index contributed by atoms with van der Waals surface area (Å²) in [7, 11) is 0. The zero-order valence-electron chi connectivity index (χ0n) is 8.47. The summed E-state index contributed by atoms with van der Waals surface area (Å²) in [5.41, 5.74) is 0.940. The van der Waals surface area contributed by atoms with E-state index in [0.29, 0.717) is 23.4 Å². The third-order valence-corrected chi connectivity index (χ3v) is 2.19. The largest absolute Gasteiger partial charge is 0.295 e. The van der Waals surface area contributed by atoms with E-state index in [1.54, 1.807) is 18.2 Å². The lowest BCUT2D eigenvalue weighted by molar-refractivity contribution is 0.101. The van der Waals surface area contributed by atoms with Crippen molar-refractivity contribution in [1.82, 2.24) is 0 Å². The Hall–Kier alpha value is -1.15. The number of carbonyl (C=O) groups is 1. The van der Waals surface area contributed by atoms with Gasteiger partial charge in [0.05, 0.1) is 0 Å². The van der Waals surface area contributed by atoms with E-state index in [0.717, 1.165) is 0 Å². The Balaban J connectivity index is 2.95. The van der Waals surface area contributed by atoms with Crippen molar-refractivity contribution in [3.63, 3.8) is 0 Å². The van der Waals surface area contributed by atoms with Gasteiger partial charge in [0.1, 0.15) is 5.82 Å². The van der Waals surface area contributed by atoms with Gasteiger partial charge in [-0.2, -0.15) is 0 Å². The van der Waals surface area contributed by atoms with Gasteiger partial charge in [-0.25, -0.2) is 4.39 Å². The Morgan fingerprint density at radius 1 is 1.53 bits per heavy atom. The molecule has 80 valence electrons. The highest BCUT2D eigenvalue weighted by molar-refractivity contribution is 6.17. The van der Waals surface area contributed by atoms with Crippen molar-refractivity contribution in [1.29, 1.82) is 0 Å². The highest BCUT2D eigenvalue weighted by Crippen LogP contribution is 2.13. The van der Waals surface area contributed by atoms with E-state index in [1.165, 1.54) is 19.1 Å². The van der Waals surface area contributed by atoms with Crippen LogP contribution in [0.2, 0.25) is 0 Å². The molecule has 0 bridgehead atoms. The molecule has 0 aromatic heterocycles. The number of allylic oxidation sites excluding steroid dienone is 1. The third kappa shape index (κ3) is 3.48. The molecule has 0 aliphatic rings. The van der Waals surface area contributed by atoms with Crippen LogP contribution < -0.4 is 0 Å². The number of Topliss-reactive ketones (excluding diaryl/α,β-unsaturated/α-hetero) is 1. The summed E-state index contributed by atoms with van der Waals surface area (Å²) in [5.74, 6) is 0.109. The van der Waals surface area contributed by atoms with E-state index < -0.39 is 0 Å². The lowest BCUT2D eigenvalue weighted by Gasteiger charge is -2.00. The van der Waals surface area contributed by atoms with Crippen LogP contribution in [0, 0.1) is 5.82 Å². The molecule has 1 rings (SSSR count). The number of halogens is 2. The minimum atomic E-state index is -0.328. The lowest BCUT2D eigenvalue weighted by atomic mass is 10.1. The van der Waals surface area contributed by atoms with Crippen LogP contribution in [0.4, 0.5) is 4.39 Å². The van der Waals surface area contributed by atoms with Gasteiger partial charge in [-0.3, -0.25) is 4.79 Å². The smallest absolute Gasteiger partial charge is 0.159 e. The van der Waals surface area contributed by atoms with Crippen molar-refractivity contribution in [2.24, 2.45) is 0 Å². The van der Waals surface area contributed by atoms with Gasteiger partial charge in [-0.15, -0.1) is 11.6 Å². The summed E-state index contributed by atoms with van der Waals surface area (Å²) in [6.07, 6.45) is 4.12. The molecule has 0 N–H and O–H groups in total. The fourth-order valence-electron chi connectivity index (χ4n) is 1.16. The quantitative estimate of drug-likeness (QED) is 0.566. The Bertz CT molecular complexity index is 385. The first-order chi connectivity index (χ1) is 7.15. The highest BCUT2D eigenvalue weighted by atomic mass is 35.5. The van der Waals surface area contributed by atoms with Crippen LogP contribution in [0.5, 0.6) is 0 Å². The number of hydrogen-bond acceptors (Lipinski definition) is 1. The first-order valence-corrected chi connectivity index (χ1v) is 5.21. The molecule has 0 amide bonds. The molecule has 0 radical (unpaired) electrons. The van der Waals surface area contributed by atoms with Gasteiger partial charge in [-0.05, 0) is 31.5 Å². The van der Waals surface area contributed by atoms with Crippen LogP contribution in [0.25, 0.3) is 6.08 Å². The molecule has 0 unspecified atom stereocenters. The molecule has 0 fully saturated rings. The number of benzene rings is 1. The maximum atomic E-state index is 13.3. The summed E-state index contributed by atoms with van der Waals surface area (Å²) >= 11 is 5.49. The molecule has 0 aliphatic carbocycles. The molecular weight excluding hydrogens is 215 g/mol. The van der Waals surface area contributed by atoms with E-state index in [1.807, 2.05) is 0 Å². The van der Waals surface area contributed by atoms with E-state index in [4.69, 9.17) is 11.6 Å². The Kier molecular flexibility index (Phi) is 4.50. The summed E-state index contributed by atoms with van der Waals surface area (Å²) in [6.45, 7) is 1.46. The number of alkyl halides is 1. The minimum absolute atomic E-state index is 0.0676. The lowest BCUT2D eigenvalue weighted by Crippen LogP contribution is -1.94. The highest BCUT2D eigenvalue weighted by Gasteiger charge is 2.03. The molecule has 0 atom stereocenters. The molecule has 0 saturated heterocycles. The average Bonchev–Trinajstić information content (AvgIpc) is 2.20. The van der Waals surface area contributed by atoms with Crippen molar-refractivity contribution < 1.29 is 9.18 Å². The average molecular weight is 227 g/mol. The zero-order valence-corrected chi connectivity index (χ0v) is 9.22. The Morgan fingerprint density at radius 3 is 2.87 bits per heavy atom. The molecule has 0 spiro atoms. The second-order valence-corrected chi connectivity index (χ2v) is 3.55. The first kappa shape index (κ1) is 11.9. The van der Waals surface area contributed by atoms with E-state index in [9.17, 15) is 9.18 Å². The van der Waals surface area contributed by atoms with Gasteiger partial charge in [0.25, 0.3) is 0 Å². The predicted molar refractivity (Wildman–Crippen MR) is 60.8 cm³/mol. The summed E-state index contributed by atoms with van der Waals surface area (Å²) in [6, 6.07) is 4.33. The number of hydrogen-bond donors (Lipinski definition) is 0. The SMILES string of the molecule is CC(=O)c1ccc(F)c(C=CCCCl)c1. The Morgan fingerprint density at radius 2 is 2.27 bits per heavy atom. The van der Waals surface area contributed by atoms with Gasteiger partial charge < -0.3 is 0 Å². The molecule has 1 nitrogen and oxygen atoms in total. The van der Waals surface area contributed by atoms with E-state index in [2.05, 4.69) is 0 Å². The zero-order chi connectivity index (χ0) is 11.3. The third-order valence-electron chi connectivity index (χ3n) is 1.98. The number of ketones is 1. The molecule has 15 heavy (non-hydrogen) atoms. The van der Waals surface area contributed by atoms with Crippen molar-refractivity contribution >= 4 is 23.5 Å². The fraction of sp³-hybridized carbons (Fsp3) is 0.250. The second-order valence-electron chi connectivity index (χ2n) is 3.17. The van der Waals surface area contributed by atoms with Gasteiger partial charge >= 0.3 is 0 Å². The van der Waals surface area contributed by atoms with Gasteiger partial charge in [-0.1, -0.05) is 12.2 Å². The fourth-order valence-corrected chi connectivity index (χ4v) is 1.29. The van der Waals surface area contributed by atoms with Crippen molar-refractivity contribution in [3.05, 3.63) is 41.2 Å². The van der Waals surface area contributed by atoms with E-state index >= 15 is 0 Å². The maximum absolute atomic E-state index is 13.3. The summed E-state index contributed by atoms with van der Waals surface area (Å²) < 4.78 is 13.3. The molecule has 3 heteroatoms. The van der Waals surface area contributed by atoms with Crippen molar-refractivity contribution in [2.45, 2.75) is 13.3 Å². The minimum Gasteiger partial charge on any atom is -0.295 e. The number of carbonyl (C=O) groups excluding carboxylic acids is 1. The van der Waals surface area contributed by atoms with Crippen molar-refractivity contribution in [3.8, 4) is 0 Å². The van der Waals surface area contributed by atoms with Crippen LogP contribution in [0.15, 0.2) is 24.3 Å². The summed E-state index contributed by atoms with van der Waals surface area (Å²) in [5, 5.41) is 0. The molecular formula is C12H12ClFO. The van der Waals surface area contributed by atoms with Crippen LogP contribution >= 0.6 is 11.6 Å². The second kappa shape index (κ2) is 5.66. The predicted octanol–water partition coefficient (Wildman–Crippen LogP) is 3.67. The molecule has 0 heterocycles. The molecule has 1 aromatic carbocycles. The topological polar surface area (TPSA) is 17.1 Å². The number of rotatable bonds is 4. The van der Waals surface area contributed by atoms with Gasteiger partial charge in [0, 0.05) is 17.0 Å². The Labute approximate surface area is 93.6 Å². The first-order valence-electron chi connectivity index (χ1n) is 4.68. The molecule has 0 saturated carbocycles. The summed E-state index contributed by atoms with van der Waals surface area (Å²) in [4.78, 5) is 11.1. The monoisotopic (exact) mass is 226 g/mol. The molecule has 0 aliphatic heterocycles. The van der Waals surface area contributed by atoms with Gasteiger partial charge in [0.15, 0.2) is 5.78 Å². The van der Waals surface area contributed by atoms with Crippen molar-refractivity contribution in [2.75, 3.05) is 5.88 Å². The normalized spacial score (nSPS) is 10.9. The molecule has 1 aromatic rings. The van der Waals surface area contributed by atoms with E-state index in [-0.39, 0.29) is 11.6 Å². The standard InChI is InChI=1S/C12H12ClFO/c1-9(15)10-5-6-12(14)11(8-10)4-2-3-7-13/h2,4-6,8H,3,7H2,1H3. The van der Waals surface area contributed by atoms with Crippen LogP contribution in [0.1, 0.15) is 29.3 Å².